The zero-order valence-corrected chi connectivity index (χ0v) is 9.83. The molecule has 0 aliphatic carbocycles. The molecule has 3 N–H and O–H groups in total. The molecule has 0 radical (unpaired) electrons. The Morgan fingerprint density at radius 1 is 1.50 bits per heavy atom. The predicted molar refractivity (Wildman–Crippen MR) is 67.0 cm³/mol. The van der Waals surface area contributed by atoms with Crippen molar-refractivity contribution in [2.24, 2.45) is 11.7 Å². The summed E-state index contributed by atoms with van der Waals surface area (Å²) in [6.45, 7) is 4.79. The molecule has 1 atom stereocenters. The molecule has 0 saturated heterocycles. The SMILES string of the molecule is CC(CCN)CNc1ccc2c(c1)CCO2. The van der Waals surface area contributed by atoms with Crippen molar-refractivity contribution in [3.05, 3.63) is 23.8 Å². The van der Waals surface area contributed by atoms with Gasteiger partial charge in [-0.05, 0) is 42.6 Å². The Labute approximate surface area is 97.0 Å². The molecule has 0 amide bonds. The number of rotatable bonds is 5. The second kappa shape index (κ2) is 5.21. The molecule has 1 heterocycles. The van der Waals surface area contributed by atoms with E-state index in [1.807, 2.05) is 0 Å². The normalized spacial score (nSPS) is 15.4. The number of anilines is 1. The first kappa shape index (κ1) is 11.3. The summed E-state index contributed by atoms with van der Waals surface area (Å²) in [5, 5.41) is 3.45. The largest absolute Gasteiger partial charge is 0.493 e. The first-order valence-electron chi connectivity index (χ1n) is 5.99. The van der Waals surface area contributed by atoms with Crippen LogP contribution in [0.3, 0.4) is 0 Å². The van der Waals surface area contributed by atoms with Crippen molar-refractivity contribution >= 4 is 5.69 Å². The molecule has 0 fully saturated rings. The quantitative estimate of drug-likeness (QED) is 0.798. The van der Waals surface area contributed by atoms with Gasteiger partial charge in [-0.2, -0.15) is 0 Å². The van der Waals surface area contributed by atoms with Crippen LogP contribution in [0.4, 0.5) is 5.69 Å². The average Bonchev–Trinajstić information content (AvgIpc) is 2.74. The Morgan fingerprint density at radius 2 is 2.38 bits per heavy atom. The minimum atomic E-state index is 0.620. The standard InChI is InChI=1S/C13H20N2O/c1-10(4-6-14)9-15-12-2-3-13-11(8-12)5-7-16-13/h2-3,8,10,15H,4-7,9,14H2,1H3. The third-order valence-corrected chi connectivity index (χ3v) is 3.00. The molecule has 1 unspecified atom stereocenters. The molecule has 88 valence electrons. The van der Waals surface area contributed by atoms with Crippen molar-refractivity contribution in [3.8, 4) is 5.75 Å². The molecular weight excluding hydrogens is 200 g/mol. The first-order valence-corrected chi connectivity index (χ1v) is 5.99. The Hall–Kier alpha value is -1.22. The highest BCUT2D eigenvalue weighted by molar-refractivity contribution is 5.52. The number of hydrogen-bond donors (Lipinski definition) is 2. The lowest BCUT2D eigenvalue weighted by Gasteiger charge is -2.13. The highest BCUT2D eigenvalue weighted by Crippen LogP contribution is 2.27. The highest BCUT2D eigenvalue weighted by Gasteiger charge is 2.11. The minimum Gasteiger partial charge on any atom is -0.493 e. The van der Waals surface area contributed by atoms with Crippen LogP contribution in [-0.2, 0) is 6.42 Å². The summed E-state index contributed by atoms with van der Waals surface area (Å²) in [6, 6.07) is 6.33. The monoisotopic (exact) mass is 220 g/mol. The van der Waals surface area contributed by atoms with Gasteiger partial charge >= 0.3 is 0 Å². The van der Waals surface area contributed by atoms with E-state index in [4.69, 9.17) is 10.5 Å². The number of nitrogens with two attached hydrogens (primary N) is 1. The molecule has 1 aromatic rings. The zero-order valence-electron chi connectivity index (χ0n) is 9.83. The van der Waals surface area contributed by atoms with Crippen LogP contribution in [0.25, 0.3) is 0 Å². The van der Waals surface area contributed by atoms with Crippen molar-refractivity contribution in [3.63, 3.8) is 0 Å². The van der Waals surface area contributed by atoms with E-state index in [-0.39, 0.29) is 0 Å². The number of benzene rings is 1. The summed E-state index contributed by atoms with van der Waals surface area (Å²) in [6.07, 6.45) is 2.10. The van der Waals surface area contributed by atoms with Gasteiger partial charge in [-0.25, -0.2) is 0 Å². The Balaban J connectivity index is 1.90. The molecule has 16 heavy (non-hydrogen) atoms. The lowest BCUT2D eigenvalue weighted by Crippen LogP contribution is -2.15. The Kier molecular flexibility index (Phi) is 3.67. The van der Waals surface area contributed by atoms with Crippen LogP contribution in [0, 0.1) is 5.92 Å². The number of ether oxygens (including phenoxy) is 1. The third-order valence-electron chi connectivity index (χ3n) is 3.00. The number of hydrogen-bond acceptors (Lipinski definition) is 3. The van der Waals surface area contributed by atoms with Crippen molar-refractivity contribution in [2.45, 2.75) is 19.8 Å². The van der Waals surface area contributed by atoms with E-state index < -0.39 is 0 Å². The van der Waals surface area contributed by atoms with Gasteiger partial charge in [-0.15, -0.1) is 0 Å². The molecule has 2 rings (SSSR count). The van der Waals surface area contributed by atoms with Crippen molar-refractivity contribution < 1.29 is 4.74 Å². The molecule has 1 aliphatic heterocycles. The smallest absolute Gasteiger partial charge is 0.122 e. The molecule has 3 nitrogen and oxygen atoms in total. The molecule has 0 aromatic heterocycles. The molecule has 0 bridgehead atoms. The fourth-order valence-corrected chi connectivity index (χ4v) is 1.98. The van der Waals surface area contributed by atoms with Crippen molar-refractivity contribution in [2.75, 3.05) is 25.0 Å². The minimum absolute atomic E-state index is 0.620. The van der Waals surface area contributed by atoms with E-state index >= 15 is 0 Å². The van der Waals surface area contributed by atoms with Crippen LogP contribution < -0.4 is 15.8 Å². The first-order chi connectivity index (χ1) is 7.79. The van der Waals surface area contributed by atoms with Crippen LogP contribution in [0.5, 0.6) is 5.75 Å². The Bertz CT molecular complexity index is 352. The maximum Gasteiger partial charge on any atom is 0.122 e. The van der Waals surface area contributed by atoms with E-state index in [0.717, 1.165) is 38.3 Å². The van der Waals surface area contributed by atoms with Gasteiger partial charge in [-0.3, -0.25) is 0 Å². The number of fused-ring (bicyclic) bond motifs is 1. The zero-order chi connectivity index (χ0) is 11.4. The lowest BCUT2D eigenvalue weighted by molar-refractivity contribution is 0.357. The van der Waals surface area contributed by atoms with E-state index in [1.54, 1.807) is 0 Å². The molecular formula is C13H20N2O. The summed E-state index contributed by atoms with van der Waals surface area (Å²) in [5.74, 6) is 1.66. The van der Waals surface area contributed by atoms with Gasteiger partial charge in [0.25, 0.3) is 0 Å². The van der Waals surface area contributed by atoms with Gasteiger partial charge in [0.2, 0.25) is 0 Å². The molecule has 3 heteroatoms. The lowest BCUT2D eigenvalue weighted by atomic mass is 10.1. The second-order valence-corrected chi connectivity index (χ2v) is 4.48. The molecule has 1 aromatic carbocycles. The van der Waals surface area contributed by atoms with Crippen molar-refractivity contribution in [1.29, 1.82) is 0 Å². The fourth-order valence-electron chi connectivity index (χ4n) is 1.98. The maximum absolute atomic E-state index is 5.53. The van der Waals surface area contributed by atoms with Crippen LogP contribution in [0.2, 0.25) is 0 Å². The van der Waals surface area contributed by atoms with Crippen molar-refractivity contribution in [1.82, 2.24) is 0 Å². The summed E-state index contributed by atoms with van der Waals surface area (Å²) >= 11 is 0. The van der Waals surface area contributed by atoms with Crippen LogP contribution in [0.15, 0.2) is 18.2 Å². The van der Waals surface area contributed by atoms with Gasteiger partial charge < -0.3 is 15.8 Å². The predicted octanol–water partition coefficient (Wildman–Crippen LogP) is 2.02. The van der Waals surface area contributed by atoms with Crippen LogP contribution in [0.1, 0.15) is 18.9 Å². The highest BCUT2D eigenvalue weighted by atomic mass is 16.5. The molecule has 0 saturated carbocycles. The second-order valence-electron chi connectivity index (χ2n) is 4.48. The summed E-state index contributed by atoms with van der Waals surface area (Å²) in [4.78, 5) is 0. The van der Waals surface area contributed by atoms with Gasteiger partial charge in [0.05, 0.1) is 6.61 Å². The Morgan fingerprint density at radius 3 is 3.19 bits per heavy atom. The van der Waals surface area contributed by atoms with Gasteiger partial charge in [-0.1, -0.05) is 6.92 Å². The van der Waals surface area contributed by atoms with Gasteiger partial charge in [0.1, 0.15) is 5.75 Å². The van der Waals surface area contributed by atoms with E-state index in [1.165, 1.54) is 11.3 Å². The topological polar surface area (TPSA) is 47.3 Å². The summed E-state index contributed by atoms with van der Waals surface area (Å²) < 4.78 is 5.47. The van der Waals surface area contributed by atoms with Crippen LogP contribution >= 0.6 is 0 Å². The van der Waals surface area contributed by atoms with E-state index in [9.17, 15) is 0 Å². The third kappa shape index (κ3) is 2.67. The summed E-state index contributed by atoms with van der Waals surface area (Å²) in [5.41, 5.74) is 8.03. The van der Waals surface area contributed by atoms with E-state index in [0.29, 0.717) is 5.92 Å². The molecule has 1 aliphatic rings. The van der Waals surface area contributed by atoms with E-state index in [2.05, 4.69) is 30.4 Å². The molecule has 0 spiro atoms. The number of nitrogens with one attached hydrogen (secondary N) is 1. The van der Waals surface area contributed by atoms with Gasteiger partial charge in [0, 0.05) is 18.7 Å². The fraction of sp³-hybridized carbons (Fsp3) is 0.538. The van der Waals surface area contributed by atoms with Gasteiger partial charge in [0.15, 0.2) is 0 Å². The summed E-state index contributed by atoms with van der Waals surface area (Å²) in [7, 11) is 0. The average molecular weight is 220 g/mol. The van der Waals surface area contributed by atoms with Crippen LogP contribution in [-0.4, -0.2) is 19.7 Å². The maximum atomic E-state index is 5.53.